The lowest BCUT2D eigenvalue weighted by Crippen LogP contribution is -2.39. The Hall–Kier alpha value is -1.99. The summed E-state index contributed by atoms with van der Waals surface area (Å²) >= 11 is 0. The first-order valence-corrected chi connectivity index (χ1v) is 9.14. The summed E-state index contributed by atoms with van der Waals surface area (Å²) in [6.45, 7) is 3.94. The lowest BCUT2D eigenvalue weighted by atomic mass is 9.82. The monoisotopic (exact) mass is 332 g/mol. The van der Waals surface area contributed by atoms with E-state index < -0.39 is 10.0 Å². The number of sulfonamides is 1. The molecular formula is C16H20N4O2S. The Balaban J connectivity index is 1.81. The molecule has 3 rings (SSSR count). The molecule has 1 aromatic carbocycles. The third-order valence-electron chi connectivity index (χ3n) is 4.41. The van der Waals surface area contributed by atoms with E-state index in [1.165, 1.54) is 18.0 Å². The van der Waals surface area contributed by atoms with Gasteiger partial charge in [0.15, 0.2) is 0 Å². The second-order valence-electron chi connectivity index (χ2n) is 5.99. The van der Waals surface area contributed by atoms with Gasteiger partial charge in [-0.15, -0.1) is 0 Å². The number of nitrogens with two attached hydrogens (primary N) is 1. The zero-order chi connectivity index (χ0) is 16.4. The van der Waals surface area contributed by atoms with E-state index in [1.54, 1.807) is 0 Å². The fraction of sp³-hybridized carbons (Fsp3) is 0.375. The first-order valence-electron chi connectivity index (χ1n) is 7.60. The minimum atomic E-state index is -3.76. The molecule has 1 saturated heterocycles. The number of piperidine rings is 1. The average molecular weight is 332 g/mol. The van der Waals surface area contributed by atoms with Crippen LogP contribution in [0.2, 0.25) is 0 Å². The average Bonchev–Trinajstić information content (AvgIpc) is 2.55. The quantitative estimate of drug-likeness (QED) is 0.925. The Bertz CT molecular complexity index is 762. The molecule has 0 aliphatic carbocycles. The highest BCUT2D eigenvalue weighted by Crippen LogP contribution is 2.33. The van der Waals surface area contributed by atoms with Crippen molar-refractivity contribution < 1.29 is 8.42 Å². The summed E-state index contributed by atoms with van der Waals surface area (Å²) in [5, 5.41) is 5.08. The smallest absolute Gasteiger partial charge is 0.241 e. The summed E-state index contributed by atoms with van der Waals surface area (Å²) in [4.78, 5) is 10.4. The molecule has 0 spiro atoms. The summed E-state index contributed by atoms with van der Waals surface area (Å²) in [6, 6.07) is 10.4. The molecule has 0 radical (unpaired) electrons. The number of hydrogen-bond donors (Lipinski definition) is 1. The molecule has 1 aromatic heterocycles. The number of aromatic nitrogens is 2. The van der Waals surface area contributed by atoms with E-state index >= 15 is 0 Å². The first-order chi connectivity index (χ1) is 10.9. The summed E-state index contributed by atoms with van der Waals surface area (Å²) in [5.41, 5.74) is 1.31. The van der Waals surface area contributed by atoms with Crippen molar-refractivity contribution in [3.8, 4) is 0 Å². The Kier molecular flexibility index (Phi) is 4.32. The van der Waals surface area contributed by atoms with Gasteiger partial charge in [-0.1, -0.05) is 37.3 Å². The van der Waals surface area contributed by atoms with Gasteiger partial charge in [0.1, 0.15) is 4.90 Å². The predicted molar refractivity (Wildman–Crippen MR) is 88.6 cm³/mol. The fourth-order valence-corrected chi connectivity index (χ4v) is 3.40. The molecule has 0 bridgehead atoms. The van der Waals surface area contributed by atoms with Crippen LogP contribution in [-0.2, 0) is 10.0 Å². The second-order valence-corrected chi connectivity index (χ2v) is 7.55. The van der Waals surface area contributed by atoms with E-state index in [-0.39, 0.29) is 4.90 Å². The molecule has 2 atom stereocenters. The van der Waals surface area contributed by atoms with Crippen LogP contribution in [0, 0.1) is 5.92 Å². The minimum Gasteiger partial charge on any atom is -0.340 e. The molecular weight excluding hydrogens is 312 g/mol. The molecule has 1 fully saturated rings. The Morgan fingerprint density at radius 1 is 1.17 bits per heavy atom. The summed E-state index contributed by atoms with van der Waals surface area (Å²) in [5.74, 6) is 1.54. The molecule has 1 aliphatic rings. The van der Waals surface area contributed by atoms with Crippen LogP contribution < -0.4 is 10.0 Å². The third kappa shape index (κ3) is 3.51. The topological polar surface area (TPSA) is 89.2 Å². The highest BCUT2D eigenvalue weighted by Gasteiger charge is 2.28. The van der Waals surface area contributed by atoms with Gasteiger partial charge in [-0.05, 0) is 17.9 Å². The SMILES string of the molecule is CC1CCN(c2ncc(S(N)(=O)=O)cn2)CC1c1ccccc1. The van der Waals surface area contributed by atoms with Gasteiger partial charge in [0, 0.05) is 19.0 Å². The van der Waals surface area contributed by atoms with Crippen LogP contribution in [0.5, 0.6) is 0 Å². The van der Waals surface area contributed by atoms with Gasteiger partial charge in [0.2, 0.25) is 16.0 Å². The number of rotatable bonds is 3. The largest absolute Gasteiger partial charge is 0.340 e. The number of benzene rings is 1. The standard InChI is InChI=1S/C16H20N4O2S/c1-12-7-8-20(11-15(12)13-5-3-2-4-6-13)16-18-9-14(10-19-16)23(17,21)22/h2-6,9-10,12,15H,7-8,11H2,1H3,(H2,17,21,22). The molecule has 0 saturated carbocycles. The molecule has 0 amide bonds. The lowest BCUT2D eigenvalue weighted by Gasteiger charge is -2.37. The van der Waals surface area contributed by atoms with E-state index in [0.29, 0.717) is 17.8 Å². The molecule has 6 nitrogen and oxygen atoms in total. The molecule has 122 valence electrons. The van der Waals surface area contributed by atoms with Crippen molar-refractivity contribution in [2.45, 2.75) is 24.2 Å². The number of anilines is 1. The van der Waals surface area contributed by atoms with Crippen LogP contribution in [0.4, 0.5) is 5.95 Å². The maximum Gasteiger partial charge on any atom is 0.241 e. The van der Waals surface area contributed by atoms with Crippen LogP contribution in [-0.4, -0.2) is 31.5 Å². The number of nitrogens with zero attached hydrogens (tertiary/aromatic N) is 3. The zero-order valence-corrected chi connectivity index (χ0v) is 13.8. The van der Waals surface area contributed by atoms with Gasteiger partial charge in [-0.25, -0.2) is 23.5 Å². The highest BCUT2D eigenvalue weighted by molar-refractivity contribution is 7.89. The molecule has 7 heteroatoms. The van der Waals surface area contributed by atoms with Gasteiger partial charge < -0.3 is 4.90 Å². The van der Waals surface area contributed by atoms with Crippen molar-refractivity contribution in [3.63, 3.8) is 0 Å². The third-order valence-corrected chi connectivity index (χ3v) is 5.28. The summed E-state index contributed by atoms with van der Waals surface area (Å²) in [7, 11) is -3.76. The van der Waals surface area contributed by atoms with Crippen molar-refractivity contribution in [1.29, 1.82) is 0 Å². The van der Waals surface area contributed by atoms with Crippen molar-refractivity contribution in [3.05, 3.63) is 48.3 Å². The van der Waals surface area contributed by atoms with Crippen LogP contribution in [0.25, 0.3) is 0 Å². The lowest BCUT2D eigenvalue weighted by molar-refractivity contribution is 0.377. The molecule has 23 heavy (non-hydrogen) atoms. The highest BCUT2D eigenvalue weighted by atomic mass is 32.2. The van der Waals surface area contributed by atoms with Gasteiger partial charge >= 0.3 is 0 Å². The summed E-state index contributed by atoms with van der Waals surface area (Å²) in [6.07, 6.45) is 3.58. The Morgan fingerprint density at radius 3 is 2.43 bits per heavy atom. The normalized spacial score (nSPS) is 22.1. The molecule has 2 aromatic rings. The van der Waals surface area contributed by atoms with Crippen molar-refractivity contribution in [2.24, 2.45) is 11.1 Å². The van der Waals surface area contributed by atoms with Gasteiger partial charge in [-0.2, -0.15) is 0 Å². The van der Waals surface area contributed by atoms with Gasteiger partial charge in [-0.3, -0.25) is 0 Å². The van der Waals surface area contributed by atoms with Crippen LogP contribution in [0.15, 0.2) is 47.6 Å². The fourth-order valence-electron chi connectivity index (χ4n) is 3.00. The first kappa shape index (κ1) is 15.9. The summed E-state index contributed by atoms with van der Waals surface area (Å²) < 4.78 is 22.6. The van der Waals surface area contributed by atoms with Crippen molar-refractivity contribution in [2.75, 3.05) is 18.0 Å². The van der Waals surface area contributed by atoms with E-state index in [4.69, 9.17) is 5.14 Å². The van der Waals surface area contributed by atoms with Crippen molar-refractivity contribution >= 4 is 16.0 Å². The molecule has 2 N–H and O–H groups in total. The Labute approximate surface area is 136 Å². The van der Waals surface area contributed by atoms with E-state index in [2.05, 4.69) is 46.1 Å². The molecule has 1 aliphatic heterocycles. The van der Waals surface area contributed by atoms with E-state index in [9.17, 15) is 8.42 Å². The molecule has 2 heterocycles. The number of primary sulfonamides is 1. The van der Waals surface area contributed by atoms with Crippen molar-refractivity contribution in [1.82, 2.24) is 9.97 Å². The van der Waals surface area contributed by atoms with Gasteiger partial charge in [0.25, 0.3) is 0 Å². The van der Waals surface area contributed by atoms with Crippen LogP contribution in [0.1, 0.15) is 24.8 Å². The zero-order valence-electron chi connectivity index (χ0n) is 13.0. The van der Waals surface area contributed by atoms with E-state index in [0.717, 1.165) is 19.5 Å². The number of hydrogen-bond acceptors (Lipinski definition) is 5. The maximum absolute atomic E-state index is 11.3. The van der Waals surface area contributed by atoms with E-state index in [1.807, 2.05) is 6.07 Å². The Morgan fingerprint density at radius 2 is 1.83 bits per heavy atom. The van der Waals surface area contributed by atoms with Crippen LogP contribution in [0.3, 0.4) is 0 Å². The predicted octanol–water partition coefficient (Wildman–Crippen LogP) is 1.75. The maximum atomic E-state index is 11.3. The second kappa shape index (κ2) is 6.25. The van der Waals surface area contributed by atoms with Crippen LogP contribution >= 0.6 is 0 Å². The van der Waals surface area contributed by atoms with Gasteiger partial charge in [0.05, 0.1) is 12.4 Å². The molecule has 2 unspecified atom stereocenters. The minimum absolute atomic E-state index is 0.0637.